The normalized spacial score (nSPS) is 12.6. The summed E-state index contributed by atoms with van der Waals surface area (Å²) in [7, 11) is -4.02. The lowest BCUT2D eigenvalue weighted by Gasteiger charge is -2.15. The van der Waals surface area contributed by atoms with Gasteiger partial charge in [-0.25, -0.2) is 27.2 Å². The minimum atomic E-state index is -4.02. The quantitative estimate of drug-likeness (QED) is 0.464. The molecule has 0 saturated heterocycles. The van der Waals surface area contributed by atoms with E-state index in [0.717, 1.165) is 12.4 Å². The molecule has 0 fully saturated rings. The average molecular weight is 446 g/mol. The lowest BCUT2D eigenvalue weighted by Crippen LogP contribution is -2.29. The van der Waals surface area contributed by atoms with E-state index in [1.54, 1.807) is 18.2 Å². The van der Waals surface area contributed by atoms with Crippen molar-refractivity contribution in [2.24, 2.45) is 0 Å². The van der Waals surface area contributed by atoms with Crippen molar-refractivity contribution >= 4 is 16.0 Å². The van der Waals surface area contributed by atoms with Crippen molar-refractivity contribution in [3.05, 3.63) is 72.5 Å². The summed E-state index contributed by atoms with van der Waals surface area (Å²) < 4.78 is 62.2. The third kappa shape index (κ3) is 4.28. The molecule has 0 aliphatic heterocycles. The van der Waals surface area contributed by atoms with Crippen molar-refractivity contribution in [3.8, 4) is 17.3 Å². The molecule has 1 N–H and O–H groups in total. The van der Waals surface area contributed by atoms with Crippen LogP contribution < -0.4 is 4.72 Å². The minimum absolute atomic E-state index is 0.0334. The maximum atomic E-state index is 14.5. The Morgan fingerprint density at radius 1 is 1.10 bits per heavy atom. The third-order valence-electron chi connectivity index (χ3n) is 4.41. The lowest BCUT2D eigenvalue weighted by molar-refractivity contribution is 0.573. The van der Waals surface area contributed by atoms with E-state index in [4.69, 9.17) is 4.42 Å². The fourth-order valence-electron chi connectivity index (χ4n) is 2.82. The van der Waals surface area contributed by atoms with E-state index in [9.17, 15) is 17.2 Å². The molecule has 1 atom stereocenters. The molecule has 160 valence electrons. The van der Waals surface area contributed by atoms with Crippen LogP contribution in [-0.4, -0.2) is 38.4 Å². The van der Waals surface area contributed by atoms with Crippen LogP contribution in [0.25, 0.3) is 17.3 Å². The molecule has 31 heavy (non-hydrogen) atoms. The zero-order chi connectivity index (χ0) is 22.0. The summed E-state index contributed by atoms with van der Waals surface area (Å²) in [6, 6.07) is 8.99. The van der Waals surface area contributed by atoms with Gasteiger partial charge in [0.2, 0.25) is 21.8 Å². The zero-order valence-corrected chi connectivity index (χ0v) is 16.9. The van der Waals surface area contributed by atoms with Gasteiger partial charge in [-0.2, -0.15) is 0 Å². The molecular weight excluding hydrogens is 430 g/mol. The van der Waals surface area contributed by atoms with Crippen LogP contribution in [0.15, 0.2) is 59.5 Å². The molecule has 1 aromatic carbocycles. The maximum absolute atomic E-state index is 14.5. The zero-order valence-electron chi connectivity index (χ0n) is 16.1. The van der Waals surface area contributed by atoms with Crippen LogP contribution >= 0.6 is 0 Å². The highest BCUT2D eigenvalue weighted by Crippen LogP contribution is 2.28. The molecule has 0 aliphatic carbocycles. The van der Waals surface area contributed by atoms with Gasteiger partial charge < -0.3 is 4.42 Å². The van der Waals surface area contributed by atoms with E-state index >= 15 is 0 Å². The van der Waals surface area contributed by atoms with E-state index in [1.807, 2.05) is 0 Å². The molecule has 0 bridgehead atoms. The van der Waals surface area contributed by atoms with Gasteiger partial charge in [-0.3, -0.25) is 9.29 Å². The molecule has 0 spiro atoms. The smallest absolute Gasteiger partial charge is 0.243 e. The summed E-state index contributed by atoms with van der Waals surface area (Å²) in [5.41, 5.74) is 0.0334. The lowest BCUT2D eigenvalue weighted by atomic mass is 10.3. The molecule has 4 aromatic rings. The molecule has 9 nitrogen and oxygen atoms in total. The van der Waals surface area contributed by atoms with Gasteiger partial charge in [0, 0.05) is 6.42 Å². The van der Waals surface area contributed by atoms with Gasteiger partial charge in [-0.1, -0.05) is 12.1 Å². The van der Waals surface area contributed by atoms with Crippen molar-refractivity contribution in [2.45, 2.75) is 18.6 Å². The second-order valence-electron chi connectivity index (χ2n) is 6.59. The molecule has 12 heteroatoms. The van der Waals surface area contributed by atoms with Gasteiger partial charge in [-0.05, 0) is 31.2 Å². The SMILES string of the molecule is CC(Cc1ncc(F)cn1)S(=O)(=O)Nc1nnc(-c2ccco2)n1-c1ccccc1F. The van der Waals surface area contributed by atoms with Crippen LogP contribution in [0.5, 0.6) is 0 Å². The number of sulfonamides is 1. The Balaban J connectivity index is 1.69. The Bertz CT molecular complexity index is 1290. The number of furan rings is 1. The van der Waals surface area contributed by atoms with E-state index < -0.39 is 26.9 Å². The average Bonchev–Trinajstić information content (AvgIpc) is 3.40. The largest absolute Gasteiger partial charge is 0.461 e. The fraction of sp³-hybridized carbons (Fsp3) is 0.158. The molecular formula is C19H16F2N6O3S. The van der Waals surface area contributed by atoms with Crippen LogP contribution in [0.2, 0.25) is 0 Å². The second-order valence-corrected chi connectivity index (χ2v) is 8.69. The van der Waals surface area contributed by atoms with E-state index in [1.165, 1.54) is 36.0 Å². The fourth-order valence-corrected chi connectivity index (χ4v) is 3.77. The van der Waals surface area contributed by atoms with Crippen molar-refractivity contribution in [1.29, 1.82) is 0 Å². The predicted octanol–water partition coefficient (Wildman–Crippen LogP) is 2.97. The molecule has 3 aromatic heterocycles. The first-order valence-corrected chi connectivity index (χ1v) is 10.6. The van der Waals surface area contributed by atoms with Crippen molar-refractivity contribution < 1.29 is 21.6 Å². The summed E-state index contributed by atoms with van der Waals surface area (Å²) in [6.07, 6.45) is 3.25. The van der Waals surface area contributed by atoms with Crippen LogP contribution in [0.4, 0.5) is 14.7 Å². The number of nitrogens with one attached hydrogen (secondary N) is 1. The third-order valence-corrected chi connectivity index (χ3v) is 6.10. The van der Waals surface area contributed by atoms with Crippen LogP contribution in [0.3, 0.4) is 0 Å². The number of halogens is 2. The second kappa shape index (κ2) is 8.22. The Morgan fingerprint density at radius 2 is 1.84 bits per heavy atom. The molecule has 0 aliphatic rings. The number of nitrogens with zero attached hydrogens (tertiary/aromatic N) is 5. The number of anilines is 1. The molecule has 0 amide bonds. The molecule has 1 unspecified atom stereocenters. The summed E-state index contributed by atoms with van der Waals surface area (Å²) >= 11 is 0. The van der Waals surface area contributed by atoms with Gasteiger partial charge >= 0.3 is 0 Å². The summed E-state index contributed by atoms with van der Waals surface area (Å²) in [6.45, 7) is 1.44. The van der Waals surface area contributed by atoms with E-state index in [2.05, 4.69) is 24.9 Å². The maximum Gasteiger partial charge on any atom is 0.243 e. The molecule has 0 radical (unpaired) electrons. The topological polar surface area (TPSA) is 116 Å². The highest BCUT2D eigenvalue weighted by atomic mass is 32.2. The molecule has 4 rings (SSSR count). The van der Waals surface area contributed by atoms with E-state index in [0.29, 0.717) is 0 Å². The highest BCUT2D eigenvalue weighted by molar-refractivity contribution is 7.93. The Hall–Kier alpha value is -3.67. The van der Waals surface area contributed by atoms with Crippen LogP contribution in [0, 0.1) is 11.6 Å². The first kappa shape index (κ1) is 20.6. The van der Waals surface area contributed by atoms with Crippen LogP contribution in [0.1, 0.15) is 12.7 Å². The van der Waals surface area contributed by atoms with Crippen molar-refractivity contribution in [2.75, 3.05) is 4.72 Å². The number of para-hydroxylation sites is 1. The number of hydrogen-bond donors (Lipinski definition) is 1. The molecule has 0 saturated carbocycles. The van der Waals surface area contributed by atoms with Gasteiger partial charge in [0.05, 0.1) is 29.6 Å². The first-order chi connectivity index (χ1) is 14.8. The standard InChI is InChI=1S/C19H16F2N6O3S/c1-12(9-17-22-10-13(20)11-23-17)31(28,29)26-19-25-24-18(16-7-4-8-30-16)27(19)15-6-3-2-5-14(15)21/h2-8,10-12H,9H2,1H3,(H,25,26). The number of benzene rings is 1. The monoisotopic (exact) mass is 446 g/mol. The summed E-state index contributed by atoms with van der Waals surface area (Å²) in [5, 5.41) is 6.86. The predicted molar refractivity (Wildman–Crippen MR) is 107 cm³/mol. The van der Waals surface area contributed by atoms with E-state index in [-0.39, 0.29) is 35.5 Å². The number of rotatable bonds is 7. The van der Waals surface area contributed by atoms with Gasteiger partial charge in [-0.15, -0.1) is 10.2 Å². The van der Waals surface area contributed by atoms with Gasteiger partial charge in [0.1, 0.15) is 11.6 Å². The van der Waals surface area contributed by atoms with Gasteiger partial charge in [0.25, 0.3) is 0 Å². The summed E-state index contributed by atoms with van der Waals surface area (Å²) in [4.78, 5) is 7.56. The highest BCUT2D eigenvalue weighted by Gasteiger charge is 2.27. The van der Waals surface area contributed by atoms with Crippen molar-refractivity contribution in [1.82, 2.24) is 24.7 Å². The Morgan fingerprint density at radius 3 is 2.52 bits per heavy atom. The summed E-state index contributed by atoms with van der Waals surface area (Å²) in [5.74, 6) is -0.907. The Kier molecular flexibility index (Phi) is 5.46. The number of aromatic nitrogens is 5. The van der Waals surface area contributed by atoms with Crippen molar-refractivity contribution in [3.63, 3.8) is 0 Å². The number of hydrogen-bond acceptors (Lipinski definition) is 7. The minimum Gasteiger partial charge on any atom is -0.461 e. The van der Waals surface area contributed by atoms with Gasteiger partial charge in [0.15, 0.2) is 11.6 Å². The molecule has 3 heterocycles. The Labute approximate surface area is 175 Å². The first-order valence-electron chi connectivity index (χ1n) is 9.07. The van der Waals surface area contributed by atoms with Crippen LogP contribution in [-0.2, 0) is 16.4 Å².